The summed E-state index contributed by atoms with van der Waals surface area (Å²) < 4.78 is 5.62. The van der Waals surface area contributed by atoms with Gasteiger partial charge in [0.2, 0.25) is 0 Å². The van der Waals surface area contributed by atoms with E-state index in [0.717, 1.165) is 48.9 Å². The quantitative estimate of drug-likeness (QED) is 0.589. The number of nitrogens with zero attached hydrogens (tertiary/aromatic N) is 5. The van der Waals surface area contributed by atoms with Gasteiger partial charge >= 0.3 is 0 Å². The number of anilines is 3. The van der Waals surface area contributed by atoms with Gasteiger partial charge in [-0.1, -0.05) is 6.57 Å². The van der Waals surface area contributed by atoms with Gasteiger partial charge < -0.3 is 25.1 Å². The lowest BCUT2D eigenvalue weighted by Crippen LogP contribution is -2.43. The van der Waals surface area contributed by atoms with Crippen LogP contribution in [0, 0.1) is 6.57 Å². The van der Waals surface area contributed by atoms with Gasteiger partial charge in [0.25, 0.3) is 5.82 Å². The molecule has 0 unspecified atom stereocenters. The standard InChI is InChI=1S/C19H20N8O/c1-20-18-11-23-19(12-22-18)24-17-10-15(25-26-17)14-4-3-13(9-16(14)28-2)27-7-5-21-6-8-27/h3-4,9-12,21H,5-8H2,2H3,(H2,23,24,25,26). The van der Waals surface area contributed by atoms with Crippen LogP contribution >= 0.6 is 0 Å². The molecule has 1 fully saturated rings. The number of rotatable bonds is 5. The van der Waals surface area contributed by atoms with E-state index in [1.165, 1.54) is 12.4 Å². The molecule has 0 atom stereocenters. The molecule has 0 radical (unpaired) electrons. The molecule has 4 rings (SSSR count). The molecule has 1 aliphatic heterocycles. The fraction of sp³-hybridized carbons (Fsp3) is 0.263. The third-order valence-corrected chi connectivity index (χ3v) is 4.54. The fourth-order valence-electron chi connectivity index (χ4n) is 3.12. The second kappa shape index (κ2) is 7.94. The third-order valence-electron chi connectivity index (χ3n) is 4.54. The highest BCUT2D eigenvalue weighted by Crippen LogP contribution is 2.34. The van der Waals surface area contributed by atoms with Crippen molar-refractivity contribution in [2.75, 3.05) is 43.5 Å². The van der Waals surface area contributed by atoms with E-state index in [1.807, 2.05) is 12.1 Å². The average molecular weight is 376 g/mol. The summed E-state index contributed by atoms with van der Waals surface area (Å²) in [7, 11) is 1.67. The van der Waals surface area contributed by atoms with E-state index < -0.39 is 0 Å². The lowest BCUT2D eigenvalue weighted by atomic mass is 10.1. The van der Waals surface area contributed by atoms with Crippen molar-refractivity contribution in [2.24, 2.45) is 0 Å². The smallest absolute Gasteiger partial charge is 0.288 e. The Morgan fingerprint density at radius 3 is 2.71 bits per heavy atom. The van der Waals surface area contributed by atoms with Crippen molar-refractivity contribution >= 4 is 23.1 Å². The van der Waals surface area contributed by atoms with E-state index in [1.54, 1.807) is 7.11 Å². The molecule has 0 saturated carbocycles. The number of methoxy groups -OCH3 is 1. The lowest BCUT2D eigenvalue weighted by Gasteiger charge is -2.29. The number of hydrogen-bond donors (Lipinski definition) is 3. The van der Waals surface area contributed by atoms with Gasteiger partial charge in [-0.05, 0) is 12.1 Å². The molecular weight excluding hydrogens is 356 g/mol. The molecule has 3 aromatic rings. The van der Waals surface area contributed by atoms with E-state index in [0.29, 0.717) is 11.6 Å². The molecule has 1 aliphatic rings. The molecule has 9 nitrogen and oxygen atoms in total. The van der Waals surface area contributed by atoms with Gasteiger partial charge in [-0.3, -0.25) is 5.10 Å². The number of ether oxygens (including phenoxy) is 1. The topological polar surface area (TPSA) is 95.3 Å². The molecule has 0 amide bonds. The van der Waals surface area contributed by atoms with E-state index in [4.69, 9.17) is 11.3 Å². The lowest BCUT2D eigenvalue weighted by molar-refractivity contribution is 0.416. The first-order valence-electron chi connectivity index (χ1n) is 8.93. The highest BCUT2D eigenvalue weighted by Gasteiger charge is 2.15. The van der Waals surface area contributed by atoms with Crippen molar-refractivity contribution in [3.8, 4) is 17.0 Å². The minimum Gasteiger partial charge on any atom is -0.496 e. The van der Waals surface area contributed by atoms with Gasteiger partial charge in [-0.25, -0.2) is 4.98 Å². The highest BCUT2D eigenvalue weighted by molar-refractivity contribution is 5.73. The van der Waals surface area contributed by atoms with Gasteiger partial charge in [0, 0.05) is 49.6 Å². The predicted molar refractivity (Wildman–Crippen MR) is 107 cm³/mol. The molecule has 0 spiro atoms. The number of aromatic amines is 1. The molecule has 1 saturated heterocycles. The van der Waals surface area contributed by atoms with Gasteiger partial charge in [-0.2, -0.15) is 5.10 Å². The summed E-state index contributed by atoms with van der Waals surface area (Å²) in [6.07, 6.45) is 2.92. The van der Waals surface area contributed by atoms with Crippen molar-refractivity contribution in [1.29, 1.82) is 0 Å². The Morgan fingerprint density at radius 2 is 2.00 bits per heavy atom. The molecule has 0 aliphatic carbocycles. The molecule has 0 bridgehead atoms. The zero-order valence-corrected chi connectivity index (χ0v) is 15.4. The number of nitrogens with one attached hydrogen (secondary N) is 3. The fourth-order valence-corrected chi connectivity index (χ4v) is 3.12. The molecular formula is C19H20N8O. The van der Waals surface area contributed by atoms with E-state index in [-0.39, 0.29) is 5.82 Å². The van der Waals surface area contributed by atoms with Crippen LogP contribution in [0.3, 0.4) is 0 Å². The summed E-state index contributed by atoms with van der Waals surface area (Å²) in [6, 6.07) is 8.08. The monoisotopic (exact) mass is 376 g/mol. The van der Waals surface area contributed by atoms with E-state index in [9.17, 15) is 0 Å². The zero-order chi connectivity index (χ0) is 19.3. The molecule has 142 valence electrons. The molecule has 3 heterocycles. The second-order valence-corrected chi connectivity index (χ2v) is 6.29. The Balaban J connectivity index is 1.54. The van der Waals surface area contributed by atoms with Crippen LogP contribution in [0.2, 0.25) is 0 Å². The largest absolute Gasteiger partial charge is 0.496 e. The highest BCUT2D eigenvalue weighted by atomic mass is 16.5. The van der Waals surface area contributed by atoms with Gasteiger partial charge in [0.05, 0.1) is 19.0 Å². The van der Waals surface area contributed by atoms with Crippen molar-refractivity contribution in [2.45, 2.75) is 0 Å². The van der Waals surface area contributed by atoms with Gasteiger partial charge in [0.1, 0.15) is 5.75 Å². The number of aromatic nitrogens is 4. The summed E-state index contributed by atoms with van der Waals surface area (Å²) in [5.41, 5.74) is 2.91. The summed E-state index contributed by atoms with van der Waals surface area (Å²) >= 11 is 0. The van der Waals surface area contributed by atoms with Crippen LogP contribution in [0.1, 0.15) is 0 Å². The molecule has 2 aromatic heterocycles. The molecule has 9 heteroatoms. The third kappa shape index (κ3) is 3.72. The Bertz CT molecular complexity index is 986. The summed E-state index contributed by atoms with van der Waals surface area (Å²) in [4.78, 5) is 13.7. The van der Waals surface area contributed by atoms with Crippen molar-refractivity contribution < 1.29 is 4.74 Å². The van der Waals surface area contributed by atoms with Crippen LogP contribution in [0.25, 0.3) is 16.1 Å². The first kappa shape index (κ1) is 17.8. The first-order chi connectivity index (χ1) is 13.8. The van der Waals surface area contributed by atoms with Crippen LogP contribution < -0.4 is 20.3 Å². The zero-order valence-electron chi connectivity index (χ0n) is 15.4. The van der Waals surface area contributed by atoms with Crippen molar-refractivity contribution in [3.05, 3.63) is 48.1 Å². The Hall–Kier alpha value is -3.64. The Morgan fingerprint density at radius 1 is 1.14 bits per heavy atom. The average Bonchev–Trinajstić information content (AvgIpc) is 3.22. The Labute approximate surface area is 162 Å². The minimum absolute atomic E-state index is 0.252. The van der Waals surface area contributed by atoms with Gasteiger partial charge in [-0.15, -0.1) is 4.98 Å². The number of hydrogen-bond acceptors (Lipinski definition) is 7. The maximum atomic E-state index is 6.92. The summed E-state index contributed by atoms with van der Waals surface area (Å²) in [5.74, 6) is 2.16. The van der Waals surface area contributed by atoms with Crippen LogP contribution in [-0.4, -0.2) is 53.5 Å². The normalized spacial score (nSPS) is 13.8. The minimum atomic E-state index is 0.252. The number of piperazine rings is 1. The van der Waals surface area contributed by atoms with Crippen LogP contribution in [0.15, 0.2) is 36.7 Å². The SMILES string of the molecule is [C-]#[N+]c1cnc(Nc2cc(-c3ccc(N4CCNCC4)cc3OC)[nH]n2)cn1. The number of H-pyrrole nitrogens is 1. The van der Waals surface area contributed by atoms with Crippen LogP contribution in [0.4, 0.5) is 23.1 Å². The van der Waals surface area contributed by atoms with E-state index >= 15 is 0 Å². The summed E-state index contributed by atoms with van der Waals surface area (Å²) in [5, 5.41) is 13.7. The molecule has 28 heavy (non-hydrogen) atoms. The van der Waals surface area contributed by atoms with Crippen molar-refractivity contribution in [1.82, 2.24) is 25.5 Å². The maximum Gasteiger partial charge on any atom is 0.288 e. The molecule has 3 N–H and O–H groups in total. The maximum absolute atomic E-state index is 6.92. The first-order valence-corrected chi connectivity index (χ1v) is 8.93. The number of benzene rings is 1. The predicted octanol–water partition coefficient (Wildman–Crippen LogP) is 2.58. The second-order valence-electron chi connectivity index (χ2n) is 6.29. The van der Waals surface area contributed by atoms with Gasteiger partial charge in [0.15, 0.2) is 17.8 Å². The van der Waals surface area contributed by atoms with Crippen LogP contribution in [-0.2, 0) is 0 Å². The molecule has 1 aromatic carbocycles. The summed E-state index contributed by atoms with van der Waals surface area (Å²) in [6.45, 7) is 10.9. The van der Waals surface area contributed by atoms with Crippen LogP contribution in [0.5, 0.6) is 5.75 Å². The Kier molecular flexibility index (Phi) is 5.03. The van der Waals surface area contributed by atoms with E-state index in [2.05, 4.69) is 52.7 Å². The van der Waals surface area contributed by atoms with Crippen molar-refractivity contribution in [3.63, 3.8) is 0 Å².